The zero-order valence-corrected chi connectivity index (χ0v) is 18.5. The molecule has 1 aromatic heterocycles. The summed E-state index contributed by atoms with van der Waals surface area (Å²) >= 11 is 5.76. The average Bonchev–Trinajstić information content (AvgIpc) is 3.00. The molecule has 6 nitrogen and oxygen atoms in total. The summed E-state index contributed by atoms with van der Waals surface area (Å²) in [6, 6.07) is 7.35. The van der Waals surface area contributed by atoms with Gasteiger partial charge in [0.05, 0.1) is 19.3 Å². The highest BCUT2D eigenvalue weighted by atomic mass is 32.1. The maximum absolute atomic E-state index is 13.9. The highest BCUT2D eigenvalue weighted by Gasteiger charge is 2.26. The van der Waals surface area contributed by atoms with Gasteiger partial charge in [-0.05, 0) is 58.0 Å². The van der Waals surface area contributed by atoms with Crippen molar-refractivity contribution in [1.82, 2.24) is 19.2 Å². The van der Waals surface area contributed by atoms with Gasteiger partial charge in [0, 0.05) is 19.2 Å². The van der Waals surface area contributed by atoms with Gasteiger partial charge in [0.2, 0.25) is 0 Å². The molecule has 1 saturated heterocycles. The van der Waals surface area contributed by atoms with Crippen molar-refractivity contribution in [2.75, 3.05) is 13.7 Å². The minimum absolute atomic E-state index is 0.00308. The van der Waals surface area contributed by atoms with Gasteiger partial charge < -0.3 is 9.47 Å². The first-order chi connectivity index (χ1) is 13.9. The molecule has 29 heavy (non-hydrogen) atoms. The molecule has 2 heterocycles. The second-order valence-corrected chi connectivity index (χ2v) is 8.24. The molecule has 0 bridgehead atoms. The van der Waals surface area contributed by atoms with E-state index in [1.165, 1.54) is 25.3 Å². The summed E-state index contributed by atoms with van der Waals surface area (Å²) in [5.41, 5.74) is 0. The van der Waals surface area contributed by atoms with E-state index in [0.29, 0.717) is 36.0 Å². The Morgan fingerprint density at radius 1 is 1.24 bits per heavy atom. The number of nitrogens with zero attached hydrogens (tertiary/aromatic N) is 4. The SMILES string of the molecule is COC[C@@H](C)n1c(COc2ccccc2F)nn(CN2[C@@H](C)CCC[C@@H]2C)c1=S. The van der Waals surface area contributed by atoms with E-state index in [0.717, 1.165) is 0 Å². The minimum atomic E-state index is -0.391. The molecule has 2 aromatic rings. The van der Waals surface area contributed by atoms with E-state index < -0.39 is 5.82 Å². The molecule has 0 aliphatic carbocycles. The number of hydrogen-bond donors (Lipinski definition) is 0. The number of benzene rings is 1. The number of aromatic nitrogens is 3. The van der Waals surface area contributed by atoms with Gasteiger partial charge in [0.15, 0.2) is 22.2 Å². The molecule has 8 heteroatoms. The van der Waals surface area contributed by atoms with Crippen molar-refractivity contribution in [1.29, 1.82) is 0 Å². The Balaban J connectivity index is 1.87. The first-order valence-electron chi connectivity index (χ1n) is 10.2. The van der Waals surface area contributed by atoms with Crippen LogP contribution < -0.4 is 4.74 Å². The molecule has 0 amide bonds. The van der Waals surface area contributed by atoms with Crippen LogP contribution in [0.3, 0.4) is 0 Å². The van der Waals surface area contributed by atoms with Crippen LogP contribution in [0.1, 0.15) is 51.9 Å². The number of methoxy groups -OCH3 is 1. The number of hydrogen-bond acceptors (Lipinski definition) is 5. The molecule has 160 valence electrons. The molecule has 1 aromatic carbocycles. The van der Waals surface area contributed by atoms with Gasteiger partial charge in [-0.25, -0.2) is 9.07 Å². The molecule has 3 rings (SSSR count). The lowest BCUT2D eigenvalue weighted by Crippen LogP contribution is -2.44. The topological polar surface area (TPSA) is 44.5 Å². The van der Waals surface area contributed by atoms with Crippen molar-refractivity contribution in [3.05, 3.63) is 40.7 Å². The minimum Gasteiger partial charge on any atom is -0.483 e. The quantitative estimate of drug-likeness (QED) is 0.584. The normalized spacial score (nSPS) is 21.3. The summed E-state index contributed by atoms with van der Waals surface area (Å²) in [7, 11) is 1.66. The van der Waals surface area contributed by atoms with Crippen molar-refractivity contribution >= 4 is 12.2 Å². The summed E-state index contributed by atoms with van der Waals surface area (Å²) in [5, 5.41) is 4.75. The Labute approximate surface area is 177 Å². The van der Waals surface area contributed by atoms with Gasteiger partial charge in [-0.1, -0.05) is 18.6 Å². The smallest absolute Gasteiger partial charge is 0.199 e. The van der Waals surface area contributed by atoms with Crippen LogP contribution in [0.2, 0.25) is 0 Å². The summed E-state index contributed by atoms with van der Waals surface area (Å²) < 4.78 is 29.4. The van der Waals surface area contributed by atoms with Crippen LogP contribution in [0.5, 0.6) is 5.75 Å². The molecule has 3 atom stereocenters. The highest BCUT2D eigenvalue weighted by molar-refractivity contribution is 7.71. The lowest BCUT2D eigenvalue weighted by atomic mass is 9.98. The van der Waals surface area contributed by atoms with Crippen LogP contribution >= 0.6 is 12.2 Å². The molecular weight excluding hydrogens is 391 g/mol. The van der Waals surface area contributed by atoms with Crippen LogP contribution in [-0.2, 0) is 18.0 Å². The van der Waals surface area contributed by atoms with Crippen LogP contribution in [-0.4, -0.2) is 45.0 Å². The first-order valence-corrected chi connectivity index (χ1v) is 10.6. The molecular formula is C21H31FN4O2S. The van der Waals surface area contributed by atoms with E-state index in [1.807, 2.05) is 16.2 Å². The number of para-hydroxylation sites is 1. The maximum atomic E-state index is 13.9. The third-order valence-electron chi connectivity index (χ3n) is 5.66. The third kappa shape index (κ3) is 5.05. The van der Waals surface area contributed by atoms with E-state index in [9.17, 15) is 4.39 Å². The summed E-state index contributed by atoms with van der Waals surface area (Å²) in [5.74, 6) is 0.482. The molecule has 0 saturated carbocycles. The van der Waals surface area contributed by atoms with Crippen molar-refractivity contribution in [2.45, 2.75) is 71.4 Å². The number of rotatable bonds is 8. The first kappa shape index (κ1) is 21.9. The molecule has 0 unspecified atom stereocenters. The zero-order valence-electron chi connectivity index (χ0n) is 17.7. The predicted octanol–water partition coefficient (Wildman–Crippen LogP) is 4.56. The average molecular weight is 423 g/mol. The monoisotopic (exact) mass is 422 g/mol. The lowest BCUT2D eigenvalue weighted by molar-refractivity contribution is 0.0630. The van der Waals surface area contributed by atoms with Crippen molar-refractivity contribution in [2.24, 2.45) is 0 Å². The van der Waals surface area contributed by atoms with Gasteiger partial charge in [-0.2, -0.15) is 5.10 Å². The standard InChI is InChI=1S/C21H31FN4O2S/c1-15-8-7-9-16(2)24(15)14-25-21(29)26(17(3)12-27-4)20(23-25)13-28-19-11-6-5-10-18(19)22/h5-6,10-11,15-17H,7-9,12-14H2,1-4H3/t15-,16-,17+/m0/s1. The second kappa shape index (κ2) is 9.82. The Morgan fingerprint density at radius 3 is 2.59 bits per heavy atom. The molecule has 1 fully saturated rings. The van der Waals surface area contributed by atoms with Crippen molar-refractivity contribution < 1.29 is 13.9 Å². The van der Waals surface area contributed by atoms with Crippen LogP contribution in [0.25, 0.3) is 0 Å². The third-order valence-corrected chi connectivity index (χ3v) is 6.06. The van der Waals surface area contributed by atoms with Gasteiger partial charge >= 0.3 is 0 Å². The fraction of sp³-hybridized carbons (Fsp3) is 0.619. The molecule has 1 aliphatic rings. The summed E-state index contributed by atoms with van der Waals surface area (Å²) in [6.07, 6.45) is 3.62. The number of likely N-dealkylation sites (tertiary alicyclic amines) is 1. The highest BCUT2D eigenvalue weighted by Crippen LogP contribution is 2.24. The number of piperidine rings is 1. The van der Waals surface area contributed by atoms with Gasteiger partial charge in [-0.3, -0.25) is 9.47 Å². The molecule has 0 radical (unpaired) electrons. The zero-order chi connectivity index (χ0) is 21.0. The van der Waals surface area contributed by atoms with Crippen molar-refractivity contribution in [3.63, 3.8) is 0 Å². The summed E-state index contributed by atoms with van der Waals surface area (Å²) in [6.45, 7) is 7.82. The van der Waals surface area contributed by atoms with E-state index in [2.05, 4.69) is 18.7 Å². The van der Waals surface area contributed by atoms with E-state index in [4.69, 9.17) is 26.8 Å². The van der Waals surface area contributed by atoms with E-state index in [1.54, 1.807) is 25.3 Å². The van der Waals surface area contributed by atoms with Crippen LogP contribution in [0.15, 0.2) is 24.3 Å². The Bertz CT molecular complexity index is 859. The summed E-state index contributed by atoms with van der Waals surface area (Å²) in [4.78, 5) is 2.44. The molecule has 0 spiro atoms. The van der Waals surface area contributed by atoms with Crippen LogP contribution in [0, 0.1) is 10.6 Å². The lowest BCUT2D eigenvalue weighted by Gasteiger charge is -2.38. The molecule has 1 aliphatic heterocycles. The van der Waals surface area contributed by atoms with Crippen molar-refractivity contribution in [3.8, 4) is 5.75 Å². The Hall–Kier alpha value is -1.77. The van der Waals surface area contributed by atoms with Gasteiger partial charge in [0.25, 0.3) is 0 Å². The van der Waals surface area contributed by atoms with Crippen LogP contribution in [0.4, 0.5) is 4.39 Å². The van der Waals surface area contributed by atoms with Gasteiger partial charge in [-0.15, -0.1) is 0 Å². The Morgan fingerprint density at radius 2 is 1.93 bits per heavy atom. The Kier molecular flexibility index (Phi) is 7.43. The number of ether oxygens (including phenoxy) is 2. The van der Waals surface area contributed by atoms with E-state index in [-0.39, 0.29) is 18.4 Å². The van der Waals surface area contributed by atoms with E-state index >= 15 is 0 Å². The van der Waals surface area contributed by atoms with Gasteiger partial charge in [0.1, 0.15) is 6.61 Å². The fourth-order valence-corrected chi connectivity index (χ4v) is 4.41. The fourth-order valence-electron chi connectivity index (χ4n) is 4.03. The maximum Gasteiger partial charge on any atom is 0.199 e. The number of halogens is 1. The molecule has 0 N–H and O–H groups in total. The largest absolute Gasteiger partial charge is 0.483 e. The predicted molar refractivity (Wildman–Crippen MR) is 113 cm³/mol. The second-order valence-electron chi connectivity index (χ2n) is 7.88.